The molecule has 1 saturated heterocycles. The van der Waals surface area contributed by atoms with E-state index < -0.39 is 11.9 Å². The highest BCUT2D eigenvalue weighted by atomic mass is 16.5. The fourth-order valence-corrected chi connectivity index (χ4v) is 3.32. The van der Waals surface area contributed by atoms with E-state index in [0.29, 0.717) is 30.7 Å². The van der Waals surface area contributed by atoms with Gasteiger partial charge in [-0.15, -0.1) is 0 Å². The van der Waals surface area contributed by atoms with E-state index in [9.17, 15) is 9.90 Å². The summed E-state index contributed by atoms with van der Waals surface area (Å²) < 4.78 is 10.7. The van der Waals surface area contributed by atoms with Crippen LogP contribution in [0.3, 0.4) is 0 Å². The minimum absolute atomic E-state index is 0.138. The Kier molecular flexibility index (Phi) is 3.74. The molecule has 0 spiro atoms. The second-order valence-electron chi connectivity index (χ2n) is 5.85. The summed E-state index contributed by atoms with van der Waals surface area (Å²) in [4.78, 5) is 15.9. The van der Waals surface area contributed by atoms with Gasteiger partial charge in [0, 0.05) is 12.5 Å². The van der Waals surface area contributed by atoms with Gasteiger partial charge in [0.05, 0.1) is 18.4 Å². The predicted octanol–water partition coefficient (Wildman–Crippen LogP) is 2.18. The summed E-state index contributed by atoms with van der Waals surface area (Å²) in [6, 6.07) is 0. The molecule has 1 aromatic heterocycles. The maximum Gasteiger partial charge on any atom is 0.307 e. The minimum Gasteiger partial charge on any atom is -0.481 e. The van der Waals surface area contributed by atoms with Crippen molar-refractivity contribution in [2.24, 2.45) is 11.8 Å². The fraction of sp³-hybridized carbons (Fsp3) is 0.786. The van der Waals surface area contributed by atoms with Gasteiger partial charge in [0.25, 0.3) is 0 Å². The monoisotopic (exact) mass is 280 g/mol. The molecule has 20 heavy (non-hydrogen) atoms. The number of hydrogen-bond donors (Lipinski definition) is 1. The predicted molar refractivity (Wildman–Crippen MR) is 69.4 cm³/mol. The summed E-state index contributed by atoms with van der Waals surface area (Å²) in [5.41, 5.74) is 0. The van der Waals surface area contributed by atoms with Gasteiger partial charge >= 0.3 is 5.97 Å². The average molecular weight is 280 g/mol. The molecule has 4 unspecified atom stereocenters. The molecule has 4 atom stereocenters. The van der Waals surface area contributed by atoms with Crippen LogP contribution >= 0.6 is 0 Å². The van der Waals surface area contributed by atoms with Crippen LogP contribution in [-0.2, 0) is 9.53 Å². The Bertz CT molecular complexity index is 481. The van der Waals surface area contributed by atoms with Gasteiger partial charge in [0.1, 0.15) is 0 Å². The highest BCUT2D eigenvalue weighted by molar-refractivity contribution is 5.71. The van der Waals surface area contributed by atoms with E-state index in [1.165, 1.54) is 0 Å². The van der Waals surface area contributed by atoms with Crippen LogP contribution in [0, 0.1) is 11.8 Å². The lowest BCUT2D eigenvalue weighted by Crippen LogP contribution is -2.17. The molecule has 1 aromatic rings. The topological polar surface area (TPSA) is 85.5 Å². The van der Waals surface area contributed by atoms with Crippen molar-refractivity contribution in [2.45, 2.75) is 44.4 Å². The first-order valence-electron chi connectivity index (χ1n) is 7.33. The van der Waals surface area contributed by atoms with Crippen LogP contribution < -0.4 is 0 Å². The van der Waals surface area contributed by atoms with Crippen LogP contribution in [0.1, 0.15) is 56.2 Å². The first-order chi connectivity index (χ1) is 9.69. The summed E-state index contributed by atoms with van der Waals surface area (Å²) in [6.45, 7) is 3.46. The molecule has 0 amide bonds. The molecule has 1 saturated carbocycles. The summed E-state index contributed by atoms with van der Waals surface area (Å²) >= 11 is 0. The maximum absolute atomic E-state index is 11.4. The zero-order valence-electron chi connectivity index (χ0n) is 11.6. The molecule has 0 bridgehead atoms. The van der Waals surface area contributed by atoms with Crippen LogP contribution in [0.15, 0.2) is 4.52 Å². The van der Waals surface area contributed by atoms with Crippen molar-refractivity contribution >= 4 is 5.97 Å². The van der Waals surface area contributed by atoms with Crippen molar-refractivity contribution in [2.75, 3.05) is 13.2 Å². The molecule has 2 fully saturated rings. The normalized spacial score (nSPS) is 33.6. The third-order valence-corrected chi connectivity index (χ3v) is 4.62. The maximum atomic E-state index is 11.4. The Balaban J connectivity index is 1.78. The third-order valence-electron chi connectivity index (χ3n) is 4.62. The summed E-state index contributed by atoms with van der Waals surface area (Å²) in [6.07, 6.45) is 3.44. The lowest BCUT2D eigenvalue weighted by atomic mass is 9.96. The van der Waals surface area contributed by atoms with E-state index in [1.54, 1.807) is 0 Å². The summed E-state index contributed by atoms with van der Waals surface area (Å²) in [7, 11) is 0. The Morgan fingerprint density at radius 2 is 2.30 bits per heavy atom. The molecule has 0 radical (unpaired) electrons. The number of carbonyl (C=O) groups is 1. The van der Waals surface area contributed by atoms with Gasteiger partial charge in [-0.05, 0) is 25.2 Å². The highest BCUT2D eigenvalue weighted by Gasteiger charge is 2.42. The lowest BCUT2D eigenvalue weighted by Gasteiger charge is -2.10. The Labute approximate surface area is 117 Å². The zero-order valence-corrected chi connectivity index (χ0v) is 11.6. The highest BCUT2D eigenvalue weighted by Crippen LogP contribution is 2.44. The molecular weight excluding hydrogens is 260 g/mol. The Morgan fingerprint density at radius 3 is 2.95 bits per heavy atom. The smallest absolute Gasteiger partial charge is 0.307 e. The van der Waals surface area contributed by atoms with Gasteiger partial charge < -0.3 is 14.4 Å². The van der Waals surface area contributed by atoms with Gasteiger partial charge in [0.2, 0.25) is 5.89 Å². The molecule has 110 valence electrons. The zero-order chi connectivity index (χ0) is 14.1. The molecule has 6 nitrogen and oxygen atoms in total. The molecule has 1 N–H and O–H groups in total. The molecule has 2 heterocycles. The number of aromatic nitrogens is 2. The van der Waals surface area contributed by atoms with E-state index in [4.69, 9.17) is 9.26 Å². The second kappa shape index (κ2) is 5.52. The first kappa shape index (κ1) is 13.5. The van der Waals surface area contributed by atoms with Crippen LogP contribution in [0.25, 0.3) is 0 Å². The molecule has 6 heteroatoms. The fourth-order valence-electron chi connectivity index (χ4n) is 3.32. The Morgan fingerprint density at radius 1 is 1.45 bits per heavy atom. The minimum atomic E-state index is -0.755. The van der Waals surface area contributed by atoms with E-state index in [-0.39, 0.29) is 11.8 Å². The molecule has 2 aliphatic rings. The molecule has 1 aliphatic carbocycles. The molecule has 1 aliphatic heterocycles. The molecular formula is C14H20N2O4. The number of nitrogens with zero attached hydrogens (tertiary/aromatic N) is 2. The first-order valence-corrected chi connectivity index (χ1v) is 7.33. The molecule has 0 aromatic carbocycles. The van der Waals surface area contributed by atoms with Gasteiger partial charge in [-0.1, -0.05) is 18.5 Å². The van der Waals surface area contributed by atoms with E-state index in [2.05, 4.69) is 17.1 Å². The quantitative estimate of drug-likeness (QED) is 0.909. The van der Waals surface area contributed by atoms with Crippen molar-refractivity contribution in [1.29, 1.82) is 0 Å². The van der Waals surface area contributed by atoms with E-state index in [1.807, 2.05) is 0 Å². The van der Waals surface area contributed by atoms with E-state index >= 15 is 0 Å². The van der Waals surface area contributed by atoms with Crippen LogP contribution in [0.4, 0.5) is 0 Å². The van der Waals surface area contributed by atoms with Gasteiger partial charge in [-0.25, -0.2) is 0 Å². The van der Waals surface area contributed by atoms with Crippen LogP contribution in [0.5, 0.6) is 0 Å². The lowest BCUT2D eigenvalue weighted by molar-refractivity contribution is -0.142. The largest absolute Gasteiger partial charge is 0.481 e. The summed E-state index contributed by atoms with van der Waals surface area (Å²) in [5.74, 6) is 0.506. The van der Waals surface area contributed by atoms with Crippen molar-refractivity contribution < 1.29 is 19.2 Å². The van der Waals surface area contributed by atoms with Gasteiger partial charge in [-0.2, -0.15) is 4.98 Å². The number of carboxylic acid groups (broad SMARTS) is 1. The average Bonchev–Trinajstić information content (AvgIpc) is 3.17. The van der Waals surface area contributed by atoms with Crippen molar-refractivity contribution in [1.82, 2.24) is 10.1 Å². The number of aliphatic carboxylic acids is 1. The van der Waals surface area contributed by atoms with Gasteiger partial charge in [0.15, 0.2) is 5.82 Å². The van der Waals surface area contributed by atoms with Crippen LogP contribution in [-0.4, -0.2) is 34.4 Å². The Hall–Kier alpha value is -1.43. The standard InChI is InChI=1S/C14H20N2O4/c1-2-8-5-10(11(6-8)14(17)18)13-15-12(16-20-13)9-3-4-19-7-9/h8-11H,2-7H2,1H3,(H,17,18). The van der Waals surface area contributed by atoms with E-state index in [0.717, 1.165) is 25.9 Å². The summed E-state index contributed by atoms with van der Waals surface area (Å²) in [5, 5.41) is 13.4. The van der Waals surface area contributed by atoms with Gasteiger partial charge in [-0.3, -0.25) is 4.79 Å². The molecule has 3 rings (SSSR count). The van der Waals surface area contributed by atoms with Crippen molar-refractivity contribution in [3.05, 3.63) is 11.7 Å². The number of hydrogen-bond acceptors (Lipinski definition) is 5. The number of rotatable bonds is 4. The SMILES string of the molecule is CCC1CC(C(=O)O)C(c2nc(C3CCOC3)no2)C1. The van der Waals surface area contributed by atoms with Crippen LogP contribution in [0.2, 0.25) is 0 Å². The number of ether oxygens (including phenoxy) is 1. The van der Waals surface area contributed by atoms with Crippen molar-refractivity contribution in [3.8, 4) is 0 Å². The second-order valence-corrected chi connectivity index (χ2v) is 5.85. The third kappa shape index (κ3) is 2.44. The van der Waals surface area contributed by atoms with Crippen molar-refractivity contribution in [3.63, 3.8) is 0 Å². The number of carboxylic acids is 1.